The summed E-state index contributed by atoms with van der Waals surface area (Å²) in [5.74, 6) is 0. The number of hydrogen-bond acceptors (Lipinski definition) is 4. The van der Waals surface area contributed by atoms with E-state index in [1.165, 1.54) is 11.3 Å². The molecule has 1 aromatic carbocycles. The van der Waals surface area contributed by atoms with Gasteiger partial charge < -0.3 is 4.89 Å². The molecule has 1 unspecified atom stereocenters. The van der Waals surface area contributed by atoms with E-state index in [0.717, 1.165) is 19.7 Å². The number of rotatable bonds is 4. The summed E-state index contributed by atoms with van der Waals surface area (Å²) >= 11 is 4.87. The predicted molar refractivity (Wildman–Crippen MR) is 77.2 cm³/mol. The van der Waals surface area contributed by atoms with Gasteiger partial charge in [0.1, 0.15) is 0 Å². The van der Waals surface area contributed by atoms with Crippen LogP contribution in [0.4, 0.5) is 0 Å². The van der Waals surface area contributed by atoms with Gasteiger partial charge in [-0.2, -0.15) is 0 Å². The second-order valence-electron chi connectivity index (χ2n) is 4.15. The van der Waals surface area contributed by atoms with Gasteiger partial charge in [-0.3, -0.25) is 0 Å². The van der Waals surface area contributed by atoms with E-state index in [2.05, 4.69) is 20.9 Å². The molecule has 0 fully saturated rings. The Balaban J connectivity index is 2.60. The van der Waals surface area contributed by atoms with Gasteiger partial charge in [-0.05, 0) is 40.9 Å². The van der Waals surface area contributed by atoms with Crippen molar-refractivity contribution in [2.24, 2.45) is 0 Å². The van der Waals surface area contributed by atoms with Crippen LogP contribution in [0.1, 0.15) is 32.3 Å². The molecular weight excluding hydrogens is 333 g/mol. The molecular formula is C12H13BrNO2PS. The summed E-state index contributed by atoms with van der Waals surface area (Å²) < 4.78 is 13.5. The minimum atomic E-state index is -2.50. The second-order valence-corrected chi connectivity index (χ2v) is 7.82. The molecule has 0 N–H and O–H groups in total. The molecule has 1 aromatic heterocycles. The van der Waals surface area contributed by atoms with Crippen LogP contribution >= 0.6 is 35.3 Å². The summed E-state index contributed by atoms with van der Waals surface area (Å²) in [7, 11) is -2.50. The van der Waals surface area contributed by atoms with E-state index in [0.29, 0.717) is 12.8 Å². The third-order valence-electron chi connectivity index (χ3n) is 3.42. The highest BCUT2D eigenvalue weighted by molar-refractivity contribution is 9.11. The molecule has 0 bridgehead atoms. The summed E-state index contributed by atoms with van der Waals surface area (Å²) in [6.45, 7) is 3.84. The van der Waals surface area contributed by atoms with Crippen molar-refractivity contribution in [3.63, 3.8) is 0 Å². The first-order valence-corrected chi connectivity index (χ1v) is 8.53. The molecule has 0 saturated heterocycles. The molecule has 0 aliphatic heterocycles. The number of hydrogen-bond donors (Lipinski definition) is 0. The number of aromatic nitrogens is 1. The van der Waals surface area contributed by atoms with E-state index >= 15 is 0 Å². The van der Waals surface area contributed by atoms with Crippen molar-refractivity contribution >= 4 is 45.5 Å². The fourth-order valence-corrected chi connectivity index (χ4v) is 4.52. The lowest BCUT2D eigenvalue weighted by Crippen LogP contribution is -2.23. The van der Waals surface area contributed by atoms with Crippen molar-refractivity contribution in [3.05, 3.63) is 27.7 Å². The standard InChI is InChI=1S/C12H13BrNO2PS/c1-3-12(4-2,17(15)16)8-5-6-9-10(7-8)18-11(13)14-9/h5-7H,3-4H2,1-2H3. The molecule has 2 rings (SSSR count). The molecule has 0 radical (unpaired) electrons. The monoisotopic (exact) mass is 345 g/mol. The third kappa shape index (κ3) is 2.25. The Kier molecular flexibility index (Phi) is 4.17. The first-order chi connectivity index (χ1) is 8.53. The van der Waals surface area contributed by atoms with Crippen LogP contribution in [0.5, 0.6) is 0 Å². The Morgan fingerprint density at radius 2 is 2.11 bits per heavy atom. The fourth-order valence-electron chi connectivity index (χ4n) is 2.21. The van der Waals surface area contributed by atoms with Gasteiger partial charge in [-0.25, -0.2) is 4.98 Å². The van der Waals surface area contributed by atoms with Crippen molar-refractivity contribution < 1.29 is 9.46 Å². The average Bonchev–Trinajstić information content (AvgIpc) is 2.70. The molecule has 1 heterocycles. The molecule has 96 valence electrons. The lowest BCUT2D eigenvalue weighted by molar-refractivity contribution is -0.170. The highest BCUT2D eigenvalue weighted by Gasteiger charge is 2.41. The van der Waals surface area contributed by atoms with Gasteiger partial charge >= 0.3 is 8.03 Å². The topological polar surface area (TPSA) is 53.0 Å². The summed E-state index contributed by atoms with van der Waals surface area (Å²) in [6.07, 6.45) is 1.18. The van der Waals surface area contributed by atoms with E-state index in [1.807, 2.05) is 32.0 Å². The lowest BCUT2D eigenvalue weighted by atomic mass is 9.92. The van der Waals surface area contributed by atoms with Crippen molar-refractivity contribution in [1.29, 1.82) is 0 Å². The highest BCUT2D eigenvalue weighted by Crippen LogP contribution is 2.48. The van der Waals surface area contributed by atoms with Gasteiger partial charge in [0.05, 0.1) is 10.2 Å². The summed E-state index contributed by atoms with van der Waals surface area (Å²) in [6, 6.07) is 5.73. The number of fused-ring (bicyclic) bond motifs is 1. The fraction of sp³-hybridized carbons (Fsp3) is 0.417. The molecule has 0 amide bonds. The zero-order valence-corrected chi connectivity index (χ0v) is 13.4. The third-order valence-corrected chi connectivity index (χ3v) is 6.48. The van der Waals surface area contributed by atoms with E-state index in [1.54, 1.807) is 0 Å². The first-order valence-electron chi connectivity index (χ1n) is 5.74. The number of thiazole rings is 1. The normalized spacial score (nSPS) is 13.0. The van der Waals surface area contributed by atoms with Crippen LogP contribution in [0.3, 0.4) is 0 Å². The molecule has 0 aliphatic carbocycles. The molecule has 1 atom stereocenters. The Bertz CT molecular complexity index is 595. The van der Waals surface area contributed by atoms with Crippen LogP contribution in [0, 0.1) is 0 Å². The minimum absolute atomic E-state index is 0.591. The summed E-state index contributed by atoms with van der Waals surface area (Å²) in [4.78, 5) is 16.0. The summed E-state index contributed by atoms with van der Waals surface area (Å²) in [5, 5.41) is -0.750. The smallest absolute Gasteiger partial charge is 0.320 e. The van der Waals surface area contributed by atoms with Gasteiger partial charge in [-0.1, -0.05) is 24.5 Å². The van der Waals surface area contributed by atoms with E-state index in [9.17, 15) is 9.46 Å². The van der Waals surface area contributed by atoms with E-state index < -0.39 is 13.2 Å². The first kappa shape index (κ1) is 14.1. The zero-order chi connectivity index (χ0) is 13.3. The summed E-state index contributed by atoms with van der Waals surface area (Å²) in [5.41, 5.74) is 1.77. The van der Waals surface area contributed by atoms with Crippen molar-refractivity contribution in [3.8, 4) is 0 Å². The Morgan fingerprint density at radius 1 is 1.44 bits per heavy atom. The zero-order valence-electron chi connectivity index (χ0n) is 10.1. The van der Waals surface area contributed by atoms with E-state index in [4.69, 9.17) is 0 Å². The lowest BCUT2D eigenvalue weighted by Gasteiger charge is -2.22. The van der Waals surface area contributed by atoms with Crippen LogP contribution in [-0.2, 0) is 9.72 Å². The number of nitrogens with zero attached hydrogens (tertiary/aromatic N) is 1. The molecule has 2 aromatic rings. The Morgan fingerprint density at radius 3 is 2.67 bits per heavy atom. The SMILES string of the molecule is CCC(CC)(c1ccc2nc(Br)sc2c1)[P+](=O)[O-]. The van der Waals surface area contributed by atoms with E-state index in [-0.39, 0.29) is 0 Å². The molecule has 0 spiro atoms. The van der Waals surface area contributed by atoms with Gasteiger partial charge in [-0.15, -0.1) is 11.3 Å². The van der Waals surface area contributed by atoms with Gasteiger partial charge in [0, 0.05) is 5.56 Å². The maximum Gasteiger partial charge on any atom is 0.320 e. The van der Waals surface area contributed by atoms with Crippen LogP contribution in [-0.4, -0.2) is 4.98 Å². The molecule has 18 heavy (non-hydrogen) atoms. The Hall–Kier alpha value is -0.350. The van der Waals surface area contributed by atoms with Crippen LogP contribution < -0.4 is 4.89 Å². The second kappa shape index (κ2) is 5.33. The van der Waals surface area contributed by atoms with Crippen LogP contribution in [0.15, 0.2) is 22.1 Å². The predicted octanol–water partition coefficient (Wildman–Crippen LogP) is 4.18. The minimum Gasteiger partial charge on any atom is -0.595 e. The largest absolute Gasteiger partial charge is 0.595 e. The quantitative estimate of drug-likeness (QED) is 0.781. The Labute approximate surface area is 119 Å². The number of benzene rings is 1. The highest BCUT2D eigenvalue weighted by atomic mass is 79.9. The van der Waals surface area contributed by atoms with Gasteiger partial charge in [0.2, 0.25) is 0 Å². The van der Waals surface area contributed by atoms with Crippen molar-refractivity contribution in [2.45, 2.75) is 31.8 Å². The maximum absolute atomic E-state index is 11.6. The van der Waals surface area contributed by atoms with Crippen LogP contribution in [0.2, 0.25) is 0 Å². The molecule has 0 saturated carbocycles. The maximum atomic E-state index is 11.6. The molecule has 0 aliphatic rings. The van der Waals surface area contributed by atoms with Gasteiger partial charge in [0.25, 0.3) is 0 Å². The molecule has 3 nitrogen and oxygen atoms in total. The average molecular weight is 346 g/mol. The number of halogens is 1. The molecule has 6 heteroatoms. The van der Waals surface area contributed by atoms with Crippen molar-refractivity contribution in [2.75, 3.05) is 0 Å². The van der Waals surface area contributed by atoms with Gasteiger partial charge in [0.15, 0.2) is 9.07 Å². The van der Waals surface area contributed by atoms with Crippen molar-refractivity contribution in [1.82, 2.24) is 4.98 Å². The van der Waals surface area contributed by atoms with Crippen LogP contribution in [0.25, 0.3) is 10.2 Å².